The lowest BCUT2D eigenvalue weighted by Gasteiger charge is -2.28. The molecule has 0 fully saturated rings. The highest BCUT2D eigenvalue weighted by molar-refractivity contribution is 7.89. The summed E-state index contributed by atoms with van der Waals surface area (Å²) in [6.07, 6.45) is 1.44. The summed E-state index contributed by atoms with van der Waals surface area (Å²) in [6, 6.07) is 15.2. The predicted octanol–water partition coefficient (Wildman–Crippen LogP) is 1.90. The maximum atomic E-state index is 12.6. The van der Waals surface area contributed by atoms with Gasteiger partial charge in [-0.25, -0.2) is 17.9 Å². The molecule has 2 N–H and O–H groups in total. The first-order valence-corrected chi connectivity index (χ1v) is 11.3. The Balaban J connectivity index is 1.36. The maximum absolute atomic E-state index is 12.6. The average molecular weight is 469 g/mol. The van der Waals surface area contributed by atoms with E-state index in [-0.39, 0.29) is 29.5 Å². The van der Waals surface area contributed by atoms with Crippen molar-refractivity contribution < 1.29 is 32.0 Å². The minimum atomic E-state index is -3.81. The Bertz CT molecular complexity index is 1290. The molecule has 11 heteroatoms. The van der Waals surface area contributed by atoms with Crippen LogP contribution in [0, 0.1) is 0 Å². The van der Waals surface area contributed by atoms with Crippen LogP contribution in [0.5, 0.6) is 0 Å². The summed E-state index contributed by atoms with van der Waals surface area (Å²) in [5, 5.41) is 2.67. The SMILES string of the molecule is O=C1CN(C(=O)COC(=O)c2ccc(S(=O)(=O)NCc3ccco3)cc2)c2ccccc2N1. The predicted molar refractivity (Wildman–Crippen MR) is 117 cm³/mol. The number of amides is 2. The van der Waals surface area contributed by atoms with Gasteiger partial charge in [-0.15, -0.1) is 0 Å². The van der Waals surface area contributed by atoms with Crippen LogP contribution in [0.1, 0.15) is 16.1 Å². The number of anilines is 2. The van der Waals surface area contributed by atoms with Crippen LogP contribution in [0.4, 0.5) is 11.4 Å². The number of nitrogens with one attached hydrogen (secondary N) is 2. The van der Waals surface area contributed by atoms with E-state index >= 15 is 0 Å². The molecule has 33 heavy (non-hydrogen) atoms. The quantitative estimate of drug-likeness (QED) is 0.505. The van der Waals surface area contributed by atoms with Gasteiger partial charge in [0.25, 0.3) is 5.91 Å². The maximum Gasteiger partial charge on any atom is 0.338 e. The largest absolute Gasteiger partial charge is 0.468 e. The lowest BCUT2D eigenvalue weighted by atomic mass is 10.2. The topological polar surface area (TPSA) is 135 Å². The molecule has 2 aromatic carbocycles. The Labute approximate surface area is 189 Å². The molecular weight excluding hydrogens is 450 g/mol. The van der Waals surface area contributed by atoms with Crippen molar-refractivity contribution in [2.75, 3.05) is 23.4 Å². The second-order valence-corrected chi connectivity index (χ2v) is 8.82. The van der Waals surface area contributed by atoms with Crippen molar-refractivity contribution in [3.63, 3.8) is 0 Å². The van der Waals surface area contributed by atoms with Crippen molar-refractivity contribution in [2.24, 2.45) is 0 Å². The summed E-state index contributed by atoms with van der Waals surface area (Å²) in [6.45, 7) is -0.783. The van der Waals surface area contributed by atoms with E-state index in [1.165, 1.54) is 35.4 Å². The Kier molecular flexibility index (Phi) is 6.24. The van der Waals surface area contributed by atoms with Gasteiger partial charge in [0, 0.05) is 0 Å². The number of esters is 1. The lowest BCUT2D eigenvalue weighted by molar-refractivity contribution is -0.124. The molecule has 1 aliphatic rings. The summed E-state index contributed by atoms with van der Waals surface area (Å²) in [5.41, 5.74) is 1.07. The fraction of sp³-hybridized carbons (Fsp3) is 0.136. The van der Waals surface area contributed by atoms with E-state index in [1.807, 2.05) is 0 Å². The third kappa shape index (κ3) is 5.10. The smallest absolute Gasteiger partial charge is 0.338 e. The van der Waals surface area contributed by atoms with Gasteiger partial charge in [0.05, 0.1) is 34.6 Å². The molecule has 4 rings (SSSR count). The molecule has 0 saturated heterocycles. The van der Waals surface area contributed by atoms with Crippen LogP contribution in [0.3, 0.4) is 0 Å². The molecule has 0 saturated carbocycles. The number of ether oxygens (including phenoxy) is 1. The molecule has 1 aliphatic heterocycles. The van der Waals surface area contributed by atoms with Crippen LogP contribution >= 0.6 is 0 Å². The Morgan fingerprint density at radius 2 is 1.82 bits per heavy atom. The normalized spacial score (nSPS) is 13.2. The summed E-state index contributed by atoms with van der Waals surface area (Å²) in [7, 11) is -3.81. The van der Waals surface area contributed by atoms with E-state index in [0.29, 0.717) is 17.1 Å². The molecule has 0 bridgehead atoms. The number of benzene rings is 2. The molecule has 2 heterocycles. The van der Waals surface area contributed by atoms with Gasteiger partial charge >= 0.3 is 5.97 Å². The van der Waals surface area contributed by atoms with Crippen molar-refractivity contribution in [3.8, 4) is 0 Å². The van der Waals surface area contributed by atoms with Gasteiger partial charge in [0.1, 0.15) is 12.3 Å². The molecule has 170 valence electrons. The zero-order chi connectivity index (χ0) is 23.4. The van der Waals surface area contributed by atoms with Gasteiger partial charge in [-0.1, -0.05) is 12.1 Å². The molecule has 2 amide bonds. The van der Waals surface area contributed by atoms with Gasteiger partial charge in [-0.3, -0.25) is 14.5 Å². The number of sulfonamides is 1. The van der Waals surface area contributed by atoms with Crippen LogP contribution in [0.15, 0.2) is 76.2 Å². The standard InChI is InChI=1S/C22H19N3O7S/c26-20-13-25(19-6-2-1-5-18(19)24-20)21(27)14-32-22(28)15-7-9-17(10-8-15)33(29,30)23-12-16-4-3-11-31-16/h1-11,23H,12-14H2,(H,24,26). The third-order valence-corrected chi connectivity index (χ3v) is 6.23. The number of para-hydroxylation sites is 2. The minimum absolute atomic E-state index is 0.0150. The number of furan rings is 1. The van der Waals surface area contributed by atoms with Crippen molar-refractivity contribution in [3.05, 3.63) is 78.3 Å². The van der Waals surface area contributed by atoms with Crippen molar-refractivity contribution >= 4 is 39.2 Å². The molecule has 0 spiro atoms. The first-order chi connectivity index (χ1) is 15.8. The molecular formula is C22H19N3O7S. The zero-order valence-electron chi connectivity index (χ0n) is 17.2. The van der Waals surface area contributed by atoms with E-state index in [4.69, 9.17) is 9.15 Å². The zero-order valence-corrected chi connectivity index (χ0v) is 18.0. The number of hydrogen-bond acceptors (Lipinski definition) is 7. The minimum Gasteiger partial charge on any atom is -0.468 e. The van der Waals surface area contributed by atoms with Gasteiger partial charge in [0.15, 0.2) is 6.61 Å². The number of fused-ring (bicyclic) bond motifs is 1. The van der Waals surface area contributed by atoms with Gasteiger partial charge < -0.3 is 14.5 Å². The van der Waals surface area contributed by atoms with Crippen LogP contribution in [0.2, 0.25) is 0 Å². The summed E-state index contributed by atoms with van der Waals surface area (Å²) >= 11 is 0. The number of rotatable bonds is 7. The van der Waals surface area contributed by atoms with Gasteiger partial charge in [-0.2, -0.15) is 0 Å². The molecule has 10 nitrogen and oxygen atoms in total. The summed E-state index contributed by atoms with van der Waals surface area (Å²) in [5.74, 6) is -1.26. The Morgan fingerprint density at radius 3 is 2.55 bits per heavy atom. The second-order valence-electron chi connectivity index (χ2n) is 7.05. The highest BCUT2D eigenvalue weighted by atomic mass is 32.2. The second kappa shape index (κ2) is 9.27. The highest BCUT2D eigenvalue weighted by Gasteiger charge is 2.27. The lowest BCUT2D eigenvalue weighted by Crippen LogP contribution is -2.44. The first kappa shape index (κ1) is 22.2. The fourth-order valence-electron chi connectivity index (χ4n) is 3.18. The number of carbonyl (C=O) groups excluding carboxylic acids is 3. The van der Waals surface area contributed by atoms with Gasteiger partial charge in [0.2, 0.25) is 15.9 Å². The van der Waals surface area contributed by atoms with Crippen LogP contribution in [0.25, 0.3) is 0 Å². The van der Waals surface area contributed by atoms with Crippen LogP contribution in [-0.2, 0) is 30.9 Å². The van der Waals surface area contributed by atoms with Gasteiger partial charge in [-0.05, 0) is 48.5 Å². The molecule has 3 aromatic rings. The van der Waals surface area contributed by atoms with Crippen molar-refractivity contribution in [1.82, 2.24) is 4.72 Å². The van der Waals surface area contributed by atoms with E-state index < -0.39 is 28.5 Å². The Morgan fingerprint density at radius 1 is 1.06 bits per heavy atom. The van der Waals surface area contributed by atoms with E-state index in [0.717, 1.165) is 0 Å². The van der Waals surface area contributed by atoms with Crippen LogP contribution < -0.4 is 14.9 Å². The van der Waals surface area contributed by atoms with E-state index in [2.05, 4.69) is 10.0 Å². The molecule has 0 radical (unpaired) electrons. The van der Waals surface area contributed by atoms with Crippen molar-refractivity contribution in [2.45, 2.75) is 11.4 Å². The average Bonchev–Trinajstić information content (AvgIpc) is 3.34. The first-order valence-electron chi connectivity index (χ1n) is 9.82. The van der Waals surface area contributed by atoms with Crippen LogP contribution in [-0.4, -0.2) is 39.4 Å². The summed E-state index contributed by atoms with van der Waals surface area (Å²) in [4.78, 5) is 38.0. The molecule has 0 atom stereocenters. The highest BCUT2D eigenvalue weighted by Crippen LogP contribution is 2.28. The third-order valence-electron chi connectivity index (χ3n) is 4.82. The van der Waals surface area contributed by atoms with E-state index in [1.54, 1.807) is 36.4 Å². The number of carbonyl (C=O) groups is 3. The summed E-state index contributed by atoms with van der Waals surface area (Å²) < 4.78 is 37.3. The molecule has 0 unspecified atom stereocenters. The van der Waals surface area contributed by atoms with E-state index in [9.17, 15) is 22.8 Å². The fourth-order valence-corrected chi connectivity index (χ4v) is 4.17. The number of hydrogen-bond donors (Lipinski definition) is 2. The number of nitrogens with zero attached hydrogens (tertiary/aromatic N) is 1. The van der Waals surface area contributed by atoms with Crippen molar-refractivity contribution in [1.29, 1.82) is 0 Å². The molecule has 1 aromatic heterocycles. The monoisotopic (exact) mass is 469 g/mol. The Hall–Kier alpha value is -3.96. The molecule has 0 aliphatic carbocycles.